The SMILES string of the molecule is CCCCCCCCCCCCCC[CH2][Na].Cc1cccc(C)c1S(=O)(=O)O. The summed E-state index contributed by atoms with van der Waals surface area (Å²) in [6.45, 7) is 5.59. The maximum Gasteiger partial charge on any atom is 0.295 e. The summed E-state index contributed by atoms with van der Waals surface area (Å²) in [4.78, 5) is 0.0185. The van der Waals surface area contributed by atoms with Crippen LogP contribution in [0.25, 0.3) is 0 Å². The van der Waals surface area contributed by atoms with Gasteiger partial charge in [0.1, 0.15) is 0 Å². The number of rotatable bonds is 14. The molecule has 0 aliphatic carbocycles. The maximum atomic E-state index is 10.8. The number of hydrogen-bond donors (Lipinski definition) is 1. The molecular formula is C23H41NaO3S. The Morgan fingerprint density at radius 1 is 0.750 bits per heavy atom. The fourth-order valence-corrected chi connectivity index (χ4v) is 4.92. The molecule has 0 amide bonds. The predicted octanol–water partition coefficient (Wildman–Crippen LogP) is 7.21. The third-order valence-corrected chi connectivity index (χ3v) is 6.99. The summed E-state index contributed by atoms with van der Waals surface area (Å²) in [6.07, 6.45) is 19.2. The van der Waals surface area contributed by atoms with Crippen LogP contribution in [0.5, 0.6) is 0 Å². The van der Waals surface area contributed by atoms with Crippen molar-refractivity contribution in [1.82, 2.24) is 0 Å². The Balaban J connectivity index is 0.000000540. The van der Waals surface area contributed by atoms with Gasteiger partial charge >= 0.3 is 102 Å². The van der Waals surface area contributed by atoms with Crippen molar-refractivity contribution < 1.29 is 13.0 Å². The van der Waals surface area contributed by atoms with Gasteiger partial charge in [0.15, 0.2) is 0 Å². The molecule has 0 aromatic heterocycles. The third-order valence-electron chi connectivity index (χ3n) is 5.12. The zero-order valence-electron chi connectivity index (χ0n) is 18.8. The minimum atomic E-state index is -4.06. The first-order valence-corrected chi connectivity index (χ1v) is 14.2. The van der Waals surface area contributed by atoms with Gasteiger partial charge in [-0.15, -0.1) is 0 Å². The minimum absolute atomic E-state index is 0.0185. The van der Waals surface area contributed by atoms with Crippen LogP contribution in [0.15, 0.2) is 23.1 Å². The molecule has 158 valence electrons. The average Bonchev–Trinajstić information content (AvgIpc) is 2.62. The molecule has 0 saturated heterocycles. The summed E-state index contributed by atoms with van der Waals surface area (Å²) in [6, 6.07) is 5.05. The van der Waals surface area contributed by atoms with Gasteiger partial charge < -0.3 is 0 Å². The summed E-state index contributed by atoms with van der Waals surface area (Å²) in [5, 5.41) is 0. The number of aryl methyl sites for hydroxylation is 2. The molecule has 0 radical (unpaired) electrons. The van der Waals surface area contributed by atoms with E-state index >= 15 is 0 Å². The zero-order chi connectivity index (χ0) is 21.3. The molecule has 1 aromatic rings. The van der Waals surface area contributed by atoms with Crippen LogP contribution < -0.4 is 0 Å². The van der Waals surface area contributed by atoms with Crippen molar-refractivity contribution in [3.05, 3.63) is 29.3 Å². The minimum Gasteiger partial charge on any atom is -0.282 e. The quantitative estimate of drug-likeness (QED) is 0.196. The average molecular weight is 421 g/mol. The Labute approximate surface area is 192 Å². The molecular weight excluding hydrogens is 379 g/mol. The van der Waals surface area contributed by atoms with Crippen LogP contribution in [0.3, 0.4) is 0 Å². The molecule has 0 saturated carbocycles. The molecule has 0 aliphatic heterocycles. The second-order valence-corrected chi connectivity index (χ2v) is 10.3. The predicted molar refractivity (Wildman–Crippen MR) is 122 cm³/mol. The smallest absolute Gasteiger partial charge is 0.282 e. The number of benzene rings is 1. The number of hydrogen-bond acceptors (Lipinski definition) is 2. The van der Waals surface area contributed by atoms with E-state index in [0.29, 0.717) is 11.1 Å². The fourth-order valence-electron chi connectivity index (χ4n) is 3.47. The third kappa shape index (κ3) is 15.0. The number of unbranched alkanes of at least 4 members (excludes halogenated alkanes) is 12. The summed E-state index contributed by atoms with van der Waals surface area (Å²) in [5.41, 5.74) is 1.13. The van der Waals surface area contributed by atoms with Gasteiger partial charge in [-0.2, -0.15) is 8.42 Å². The van der Waals surface area contributed by atoms with Crippen LogP contribution in [-0.4, -0.2) is 40.9 Å². The van der Waals surface area contributed by atoms with E-state index in [2.05, 4.69) is 6.92 Å². The molecule has 1 rings (SSSR count). The first-order chi connectivity index (χ1) is 13.3. The largest absolute Gasteiger partial charge is 0.295 e. The second kappa shape index (κ2) is 17.9. The van der Waals surface area contributed by atoms with Crippen molar-refractivity contribution in [3.8, 4) is 0 Å². The van der Waals surface area contributed by atoms with Crippen molar-refractivity contribution >= 4 is 38.0 Å². The maximum absolute atomic E-state index is 10.8. The van der Waals surface area contributed by atoms with Gasteiger partial charge in [-0.05, 0) is 25.0 Å². The van der Waals surface area contributed by atoms with Gasteiger partial charge in [-0.3, -0.25) is 4.55 Å². The summed E-state index contributed by atoms with van der Waals surface area (Å²) in [5.74, 6) is 0. The van der Waals surface area contributed by atoms with Crippen LogP contribution in [-0.2, 0) is 10.1 Å². The summed E-state index contributed by atoms with van der Waals surface area (Å²) >= 11 is 1.41. The van der Waals surface area contributed by atoms with E-state index in [1.165, 1.54) is 115 Å². The Kier molecular flexibility index (Phi) is 18.0. The molecule has 1 N–H and O–H groups in total. The van der Waals surface area contributed by atoms with E-state index < -0.39 is 10.1 Å². The van der Waals surface area contributed by atoms with Crippen LogP contribution >= 0.6 is 0 Å². The first kappa shape index (κ1) is 28.1. The second-order valence-electron chi connectivity index (χ2n) is 7.94. The van der Waals surface area contributed by atoms with Gasteiger partial charge in [-0.1, -0.05) is 38.0 Å². The monoisotopic (exact) mass is 420 g/mol. The van der Waals surface area contributed by atoms with E-state index in [1.54, 1.807) is 32.0 Å². The van der Waals surface area contributed by atoms with Crippen LogP contribution in [0.1, 0.15) is 102 Å². The standard InChI is InChI=1S/C15H31.C8H10O3S.Na/c1-3-5-7-9-11-13-15-14-12-10-8-6-4-2;1-6-4-3-5-7(2)8(6)12(9,10)11;/h1,3-15H2,2H3;3-5H,1-2H3,(H,9,10,11);. The van der Waals surface area contributed by atoms with Crippen molar-refractivity contribution in [2.75, 3.05) is 0 Å². The summed E-state index contributed by atoms with van der Waals surface area (Å²) in [7, 11) is -4.06. The van der Waals surface area contributed by atoms with Crippen LogP contribution in [0, 0.1) is 13.8 Å². The molecule has 0 aliphatic rings. The van der Waals surface area contributed by atoms with E-state index in [0.717, 1.165) is 0 Å². The molecule has 0 fully saturated rings. The van der Waals surface area contributed by atoms with E-state index in [9.17, 15) is 8.42 Å². The molecule has 1 aromatic carbocycles. The van der Waals surface area contributed by atoms with Gasteiger partial charge in [0.25, 0.3) is 10.1 Å². The van der Waals surface area contributed by atoms with Crippen molar-refractivity contribution in [2.45, 2.75) is 113 Å². The summed E-state index contributed by atoms with van der Waals surface area (Å²) < 4.78 is 32.0. The van der Waals surface area contributed by atoms with Crippen molar-refractivity contribution in [3.63, 3.8) is 0 Å². The molecule has 0 unspecified atom stereocenters. The Morgan fingerprint density at radius 2 is 1.11 bits per heavy atom. The Bertz CT molecular complexity index is 566. The van der Waals surface area contributed by atoms with Crippen molar-refractivity contribution in [2.24, 2.45) is 0 Å². The molecule has 3 nitrogen and oxygen atoms in total. The van der Waals surface area contributed by atoms with Crippen molar-refractivity contribution in [1.29, 1.82) is 0 Å². The molecule has 28 heavy (non-hydrogen) atoms. The van der Waals surface area contributed by atoms with Gasteiger partial charge in [0.2, 0.25) is 0 Å². The molecule has 0 atom stereocenters. The van der Waals surface area contributed by atoms with Gasteiger partial charge in [-0.25, -0.2) is 0 Å². The Hall–Kier alpha value is 0.130. The van der Waals surface area contributed by atoms with Crippen LogP contribution in [0.4, 0.5) is 0 Å². The topological polar surface area (TPSA) is 54.4 Å². The van der Waals surface area contributed by atoms with E-state index in [4.69, 9.17) is 4.55 Å². The molecule has 0 bridgehead atoms. The molecule has 0 heterocycles. The van der Waals surface area contributed by atoms with Crippen LogP contribution in [0.2, 0.25) is 3.67 Å². The Morgan fingerprint density at radius 3 is 1.39 bits per heavy atom. The fraction of sp³-hybridized carbons (Fsp3) is 0.739. The normalized spacial score (nSPS) is 11.2. The molecule has 0 spiro atoms. The zero-order valence-corrected chi connectivity index (χ0v) is 21.6. The van der Waals surface area contributed by atoms with E-state index in [-0.39, 0.29) is 4.90 Å². The van der Waals surface area contributed by atoms with E-state index in [1.807, 2.05) is 0 Å². The first-order valence-electron chi connectivity index (χ1n) is 11.4. The van der Waals surface area contributed by atoms with Gasteiger partial charge in [0, 0.05) is 0 Å². The molecule has 5 heteroatoms. The van der Waals surface area contributed by atoms with Gasteiger partial charge in [0.05, 0.1) is 4.90 Å².